The molecule has 2 amide bonds. The van der Waals surface area contributed by atoms with Crippen LogP contribution in [-0.2, 0) is 4.79 Å². The highest BCUT2D eigenvalue weighted by molar-refractivity contribution is 9.11. The summed E-state index contributed by atoms with van der Waals surface area (Å²) in [5.41, 5.74) is 5.89. The summed E-state index contributed by atoms with van der Waals surface area (Å²) >= 11 is 4.79. The van der Waals surface area contributed by atoms with Crippen molar-refractivity contribution in [3.8, 4) is 0 Å². The van der Waals surface area contributed by atoms with E-state index in [0.717, 1.165) is 3.79 Å². The van der Waals surface area contributed by atoms with Gasteiger partial charge in [-0.25, -0.2) is 0 Å². The van der Waals surface area contributed by atoms with Crippen molar-refractivity contribution in [2.75, 3.05) is 13.1 Å². The fourth-order valence-corrected chi connectivity index (χ4v) is 2.91. The maximum atomic E-state index is 12.0. The van der Waals surface area contributed by atoms with Crippen LogP contribution in [0.15, 0.2) is 15.2 Å². The summed E-state index contributed by atoms with van der Waals surface area (Å²) in [4.78, 5) is 24.7. The number of primary amides is 1. The number of nitrogens with zero attached hydrogens (tertiary/aromatic N) is 1. The zero-order valence-corrected chi connectivity index (χ0v) is 10.9. The van der Waals surface area contributed by atoms with Crippen LogP contribution in [0.1, 0.15) is 16.8 Å². The van der Waals surface area contributed by atoms with Crippen molar-refractivity contribution in [2.24, 2.45) is 11.7 Å². The lowest BCUT2D eigenvalue weighted by molar-refractivity contribution is -0.121. The molecule has 4 nitrogen and oxygen atoms in total. The van der Waals surface area contributed by atoms with Gasteiger partial charge in [0.1, 0.15) is 0 Å². The molecule has 86 valence electrons. The summed E-state index contributed by atoms with van der Waals surface area (Å²) < 4.78 is 0.932. The first kappa shape index (κ1) is 11.6. The van der Waals surface area contributed by atoms with Crippen molar-refractivity contribution in [3.05, 3.63) is 20.8 Å². The van der Waals surface area contributed by atoms with Crippen LogP contribution in [0.25, 0.3) is 0 Å². The van der Waals surface area contributed by atoms with Crippen LogP contribution in [-0.4, -0.2) is 29.8 Å². The summed E-state index contributed by atoms with van der Waals surface area (Å²) in [6, 6.07) is 1.80. The zero-order chi connectivity index (χ0) is 11.7. The molecular formula is C10H11BrN2O2S. The first-order chi connectivity index (χ1) is 7.58. The molecule has 0 unspecified atom stereocenters. The number of carbonyl (C=O) groups excluding carboxylic acids is 2. The van der Waals surface area contributed by atoms with Crippen LogP contribution in [0.3, 0.4) is 0 Å². The minimum Gasteiger partial charge on any atom is -0.369 e. The van der Waals surface area contributed by atoms with Crippen molar-refractivity contribution in [1.29, 1.82) is 0 Å². The maximum absolute atomic E-state index is 12.0. The highest BCUT2D eigenvalue weighted by Gasteiger charge is 2.30. The molecule has 0 aliphatic carbocycles. The molecule has 1 fully saturated rings. The number of amides is 2. The van der Waals surface area contributed by atoms with Gasteiger partial charge < -0.3 is 10.6 Å². The third-order valence-electron chi connectivity index (χ3n) is 2.69. The van der Waals surface area contributed by atoms with E-state index >= 15 is 0 Å². The predicted octanol–water partition coefficient (Wildman–Crippen LogP) is 1.46. The SMILES string of the molecule is NC(=O)[C@H]1CCN(C(=O)c2csc(Br)c2)C1. The highest BCUT2D eigenvalue weighted by atomic mass is 79.9. The van der Waals surface area contributed by atoms with Gasteiger partial charge in [-0.3, -0.25) is 9.59 Å². The lowest BCUT2D eigenvalue weighted by atomic mass is 10.1. The van der Waals surface area contributed by atoms with Crippen molar-refractivity contribution in [3.63, 3.8) is 0 Å². The van der Waals surface area contributed by atoms with Crippen LogP contribution in [0.4, 0.5) is 0 Å². The molecular weight excluding hydrogens is 292 g/mol. The van der Waals surface area contributed by atoms with Crippen LogP contribution in [0, 0.1) is 5.92 Å². The van der Waals surface area contributed by atoms with Crippen molar-refractivity contribution in [1.82, 2.24) is 4.90 Å². The molecule has 6 heteroatoms. The van der Waals surface area contributed by atoms with E-state index in [4.69, 9.17) is 5.73 Å². The van der Waals surface area contributed by atoms with Crippen molar-refractivity contribution < 1.29 is 9.59 Å². The Balaban J connectivity index is 2.05. The van der Waals surface area contributed by atoms with Gasteiger partial charge in [-0.15, -0.1) is 11.3 Å². The van der Waals surface area contributed by atoms with E-state index in [-0.39, 0.29) is 17.7 Å². The largest absolute Gasteiger partial charge is 0.369 e. The fraction of sp³-hybridized carbons (Fsp3) is 0.400. The lowest BCUT2D eigenvalue weighted by Crippen LogP contribution is -2.31. The molecule has 0 aromatic carbocycles. The zero-order valence-electron chi connectivity index (χ0n) is 8.48. The molecule has 1 saturated heterocycles. The second-order valence-electron chi connectivity index (χ2n) is 3.78. The molecule has 16 heavy (non-hydrogen) atoms. The van der Waals surface area contributed by atoms with Gasteiger partial charge in [0.05, 0.1) is 15.3 Å². The molecule has 1 atom stereocenters. The van der Waals surface area contributed by atoms with Crippen LogP contribution in [0.2, 0.25) is 0 Å². The number of hydrogen-bond donors (Lipinski definition) is 1. The second kappa shape index (κ2) is 4.55. The Bertz CT molecular complexity index is 432. The van der Waals surface area contributed by atoms with E-state index < -0.39 is 0 Å². The second-order valence-corrected chi connectivity index (χ2v) is 6.07. The van der Waals surface area contributed by atoms with E-state index in [1.807, 2.05) is 5.38 Å². The molecule has 1 aromatic rings. The Hall–Kier alpha value is -0.880. The standard InChI is InChI=1S/C10H11BrN2O2S/c11-8-3-7(5-16-8)10(15)13-2-1-6(4-13)9(12)14/h3,5-6H,1-2,4H2,(H2,12,14)/t6-/m0/s1. The molecule has 1 aliphatic heterocycles. The Morgan fingerprint density at radius 3 is 2.81 bits per heavy atom. The van der Waals surface area contributed by atoms with Crippen LogP contribution in [0.5, 0.6) is 0 Å². The average molecular weight is 303 g/mol. The number of halogens is 1. The number of likely N-dealkylation sites (tertiary alicyclic amines) is 1. The number of hydrogen-bond acceptors (Lipinski definition) is 3. The summed E-state index contributed by atoms with van der Waals surface area (Å²) in [5.74, 6) is -0.529. The monoisotopic (exact) mass is 302 g/mol. The number of rotatable bonds is 2. The summed E-state index contributed by atoms with van der Waals surface area (Å²) in [7, 11) is 0. The molecule has 0 spiro atoms. The van der Waals surface area contributed by atoms with Crippen LogP contribution < -0.4 is 5.73 Å². The van der Waals surface area contributed by atoms with E-state index in [2.05, 4.69) is 15.9 Å². The number of thiophene rings is 1. The normalized spacial score (nSPS) is 20.1. The quantitative estimate of drug-likeness (QED) is 0.899. The Morgan fingerprint density at radius 1 is 1.56 bits per heavy atom. The predicted molar refractivity (Wildman–Crippen MR) is 65.2 cm³/mol. The Morgan fingerprint density at radius 2 is 2.31 bits per heavy atom. The van der Waals surface area contributed by atoms with E-state index in [1.54, 1.807) is 11.0 Å². The minimum atomic E-state index is -0.318. The third-order valence-corrected chi connectivity index (χ3v) is 4.20. The molecule has 2 heterocycles. The summed E-state index contributed by atoms with van der Waals surface area (Å²) in [5, 5.41) is 1.81. The molecule has 0 saturated carbocycles. The van der Waals surface area contributed by atoms with Crippen molar-refractivity contribution in [2.45, 2.75) is 6.42 Å². The van der Waals surface area contributed by atoms with Gasteiger partial charge in [-0.2, -0.15) is 0 Å². The average Bonchev–Trinajstić information content (AvgIpc) is 2.84. The van der Waals surface area contributed by atoms with E-state index in [9.17, 15) is 9.59 Å². The van der Waals surface area contributed by atoms with E-state index in [0.29, 0.717) is 25.1 Å². The third kappa shape index (κ3) is 2.27. The van der Waals surface area contributed by atoms with E-state index in [1.165, 1.54) is 11.3 Å². The smallest absolute Gasteiger partial charge is 0.254 e. The van der Waals surface area contributed by atoms with Gasteiger partial charge in [0.25, 0.3) is 5.91 Å². The molecule has 2 N–H and O–H groups in total. The Kier molecular flexibility index (Phi) is 3.30. The summed E-state index contributed by atoms with van der Waals surface area (Å²) in [6.45, 7) is 1.06. The molecule has 1 aromatic heterocycles. The van der Waals surface area contributed by atoms with Gasteiger partial charge in [0, 0.05) is 18.5 Å². The molecule has 1 aliphatic rings. The topological polar surface area (TPSA) is 63.4 Å². The van der Waals surface area contributed by atoms with Crippen molar-refractivity contribution >= 4 is 39.1 Å². The molecule has 0 bridgehead atoms. The van der Waals surface area contributed by atoms with Gasteiger partial charge in [0.15, 0.2) is 0 Å². The Labute approximate surface area is 106 Å². The highest BCUT2D eigenvalue weighted by Crippen LogP contribution is 2.24. The maximum Gasteiger partial charge on any atom is 0.254 e. The first-order valence-corrected chi connectivity index (χ1v) is 6.58. The molecule has 2 rings (SSSR count). The summed E-state index contributed by atoms with van der Waals surface area (Å²) in [6.07, 6.45) is 0.673. The van der Waals surface area contributed by atoms with Gasteiger partial charge in [-0.05, 0) is 28.4 Å². The fourth-order valence-electron chi connectivity index (χ4n) is 1.78. The lowest BCUT2D eigenvalue weighted by Gasteiger charge is -2.14. The van der Waals surface area contributed by atoms with Gasteiger partial charge in [0.2, 0.25) is 5.91 Å². The van der Waals surface area contributed by atoms with Crippen LogP contribution >= 0.6 is 27.3 Å². The van der Waals surface area contributed by atoms with Gasteiger partial charge >= 0.3 is 0 Å². The van der Waals surface area contributed by atoms with Gasteiger partial charge in [-0.1, -0.05) is 0 Å². The minimum absolute atomic E-state index is 0.0225. The molecule has 0 radical (unpaired) electrons. The number of nitrogens with two attached hydrogens (primary N) is 1. The first-order valence-electron chi connectivity index (χ1n) is 4.90. The number of carbonyl (C=O) groups is 2.